The highest BCUT2D eigenvalue weighted by Crippen LogP contribution is 2.54. The molecule has 2 amide bonds. The number of ether oxygens (including phenoxy) is 1. The molecule has 3 heterocycles. The molecule has 6 nitrogen and oxygen atoms in total. The minimum atomic E-state index is -4.47. The predicted octanol–water partition coefficient (Wildman–Crippen LogP) is 4.16. The van der Waals surface area contributed by atoms with E-state index in [1.54, 1.807) is 37.4 Å². The molecule has 32 heavy (non-hydrogen) atoms. The van der Waals surface area contributed by atoms with E-state index in [1.165, 1.54) is 0 Å². The van der Waals surface area contributed by atoms with Crippen molar-refractivity contribution in [2.75, 3.05) is 12.3 Å². The average molecular weight is 472 g/mol. The summed E-state index contributed by atoms with van der Waals surface area (Å²) in [5, 5.41) is 2.99. The van der Waals surface area contributed by atoms with E-state index < -0.39 is 28.8 Å². The summed E-state index contributed by atoms with van der Waals surface area (Å²) in [4.78, 5) is 31.6. The number of alkyl carbamates (subject to hydrolysis) is 1. The van der Waals surface area contributed by atoms with Gasteiger partial charge in [-0.3, -0.25) is 9.78 Å². The highest BCUT2D eigenvalue weighted by Gasteiger charge is 2.57. The summed E-state index contributed by atoms with van der Waals surface area (Å²) in [5.41, 5.74) is -0.921. The molecular weight excluding hydrogens is 443 g/mol. The summed E-state index contributed by atoms with van der Waals surface area (Å²) in [6.07, 6.45) is -1.75. The van der Waals surface area contributed by atoms with Gasteiger partial charge in [0.2, 0.25) is 5.91 Å². The SMILES string of the molecule is CC(C)(C)OC(=O)N[C@@H]1C[C@H]2SCC[C@@]2(C(=O)N2CCc3ncc(C(F)(F)F)cc3C2)C1. The second-order valence-electron chi connectivity index (χ2n) is 9.85. The molecule has 3 atom stereocenters. The normalized spacial score (nSPS) is 27.6. The summed E-state index contributed by atoms with van der Waals surface area (Å²) in [7, 11) is 0. The van der Waals surface area contributed by atoms with Crippen molar-refractivity contribution in [2.45, 2.75) is 76.1 Å². The third-order valence-electron chi connectivity index (χ3n) is 6.39. The topological polar surface area (TPSA) is 71.5 Å². The minimum absolute atomic E-state index is 0.0240. The van der Waals surface area contributed by atoms with Crippen molar-refractivity contribution in [1.29, 1.82) is 0 Å². The predicted molar refractivity (Wildman–Crippen MR) is 114 cm³/mol. The van der Waals surface area contributed by atoms with Gasteiger partial charge in [0.15, 0.2) is 0 Å². The molecule has 2 aliphatic heterocycles. The van der Waals surface area contributed by atoms with Crippen LogP contribution in [0.2, 0.25) is 0 Å². The van der Waals surface area contributed by atoms with Gasteiger partial charge in [-0.2, -0.15) is 24.9 Å². The van der Waals surface area contributed by atoms with Crippen molar-refractivity contribution in [3.63, 3.8) is 0 Å². The van der Waals surface area contributed by atoms with Crippen LogP contribution in [0.3, 0.4) is 0 Å². The van der Waals surface area contributed by atoms with Crippen LogP contribution in [0.1, 0.15) is 56.9 Å². The third-order valence-corrected chi connectivity index (χ3v) is 7.88. The number of hydrogen-bond acceptors (Lipinski definition) is 5. The van der Waals surface area contributed by atoms with Gasteiger partial charge in [-0.05, 0) is 57.4 Å². The molecule has 1 saturated heterocycles. The largest absolute Gasteiger partial charge is 0.444 e. The number of hydrogen-bond donors (Lipinski definition) is 1. The molecule has 176 valence electrons. The number of carbonyl (C=O) groups is 2. The maximum atomic E-state index is 13.7. The first-order valence-corrected chi connectivity index (χ1v) is 11.9. The molecular formula is C22H28F3N3O3S. The standard InChI is InChI=1S/C22H28F3N3O3S/c1-20(2,3)31-19(30)27-15-9-17-21(10-15,5-7-32-17)18(29)28-6-4-16-13(12-28)8-14(11-26-16)22(23,24)25/h8,11,15,17H,4-7,9-10,12H2,1-3H3,(H,27,30)/t15-,17-,21-/m1/s1. The lowest BCUT2D eigenvalue weighted by Gasteiger charge is -2.37. The Morgan fingerprint density at radius 2 is 2.06 bits per heavy atom. The monoisotopic (exact) mass is 471 g/mol. The molecule has 1 aliphatic carbocycles. The first kappa shape index (κ1) is 23.2. The number of halogens is 3. The van der Waals surface area contributed by atoms with E-state index in [1.807, 2.05) is 0 Å². The van der Waals surface area contributed by atoms with Crippen molar-refractivity contribution < 1.29 is 27.5 Å². The fourth-order valence-corrected chi connectivity index (χ4v) is 6.77. The number of rotatable bonds is 2. The molecule has 4 rings (SSSR count). The van der Waals surface area contributed by atoms with Gasteiger partial charge in [-0.1, -0.05) is 0 Å². The Kier molecular flexibility index (Phi) is 5.88. The van der Waals surface area contributed by atoms with Crippen LogP contribution >= 0.6 is 11.8 Å². The molecule has 1 aromatic rings. The van der Waals surface area contributed by atoms with Gasteiger partial charge in [0.25, 0.3) is 0 Å². The van der Waals surface area contributed by atoms with E-state index in [0.29, 0.717) is 43.5 Å². The Balaban J connectivity index is 1.48. The lowest BCUT2D eigenvalue weighted by molar-refractivity contribution is -0.142. The van der Waals surface area contributed by atoms with Crippen LogP contribution in [0.4, 0.5) is 18.0 Å². The van der Waals surface area contributed by atoms with E-state index in [9.17, 15) is 22.8 Å². The van der Waals surface area contributed by atoms with Gasteiger partial charge in [-0.15, -0.1) is 0 Å². The smallest absolute Gasteiger partial charge is 0.417 e. The van der Waals surface area contributed by atoms with Gasteiger partial charge >= 0.3 is 12.3 Å². The number of thioether (sulfide) groups is 1. The van der Waals surface area contributed by atoms with Crippen molar-refractivity contribution >= 4 is 23.8 Å². The van der Waals surface area contributed by atoms with Crippen LogP contribution < -0.4 is 5.32 Å². The second-order valence-corrected chi connectivity index (χ2v) is 11.2. The molecule has 0 radical (unpaired) electrons. The summed E-state index contributed by atoms with van der Waals surface area (Å²) < 4.78 is 44.7. The molecule has 10 heteroatoms. The van der Waals surface area contributed by atoms with Crippen LogP contribution in [0.25, 0.3) is 0 Å². The van der Waals surface area contributed by atoms with Crippen LogP contribution in [-0.4, -0.2) is 51.1 Å². The maximum Gasteiger partial charge on any atom is 0.417 e. The molecule has 1 saturated carbocycles. The number of amides is 2. The number of nitrogens with one attached hydrogen (secondary N) is 1. The lowest BCUT2D eigenvalue weighted by Crippen LogP contribution is -2.48. The summed E-state index contributed by atoms with van der Waals surface area (Å²) in [6.45, 7) is 5.96. The number of alkyl halides is 3. The maximum absolute atomic E-state index is 13.7. The van der Waals surface area contributed by atoms with Gasteiger partial charge in [0.05, 0.1) is 11.0 Å². The van der Waals surface area contributed by atoms with E-state index in [-0.39, 0.29) is 23.7 Å². The third kappa shape index (κ3) is 4.56. The van der Waals surface area contributed by atoms with Crippen LogP contribution in [0.15, 0.2) is 12.3 Å². The average Bonchev–Trinajstić information content (AvgIpc) is 3.22. The Morgan fingerprint density at radius 3 is 2.75 bits per heavy atom. The highest BCUT2D eigenvalue weighted by molar-refractivity contribution is 8.00. The first-order chi connectivity index (χ1) is 14.9. The van der Waals surface area contributed by atoms with Gasteiger partial charge in [0, 0.05) is 42.7 Å². The van der Waals surface area contributed by atoms with Crippen molar-refractivity contribution in [3.8, 4) is 0 Å². The van der Waals surface area contributed by atoms with Gasteiger partial charge in [0.1, 0.15) is 5.60 Å². The number of aromatic nitrogens is 1. The van der Waals surface area contributed by atoms with E-state index >= 15 is 0 Å². The molecule has 1 N–H and O–H groups in total. The zero-order valence-corrected chi connectivity index (χ0v) is 19.2. The lowest BCUT2D eigenvalue weighted by atomic mass is 9.81. The number of fused-ring (bicyclic) bond motifs is 2. The Labute approximate surface area is 189 Å². The zero-order valence-electron chi connectivity index (χ0n) is 18.4. The van der Waals surface area contributed by atoms with Crippen molar-refractivity contribution in [2.24, 2.45) is 5.41 Å². The molecule has 0 aromatic carbocycles. The molecule has 2 fully saturated rings. The van der Waals surface area contributed by atoms with E-state index in [4.69, 9.17) is 4.74 Å². The Morgan fingerprint density at radius 1 is 1.31 bits per heavy atom. The Hall–Kier alpha value is -1.97. The fraction of sp³-hybridized carbons (Fsp3) is 0.682. The minimum Gasteiger partial charge on any atom is -0.444 e. The summed E-state index contributed by atoms with van der Waals surface area (Å²) >= 11 is 1.74. The quantitative estimate of drug-likeness (QED) is 0.701. The molecule has 0 bridgehead atoms. The number of carbonyl (C=O) groups excluding carboxylic acids is 2. The molecule has 0 unspecified atom stereocenters. The van der Waals surface area contributed by atoms with Gasteiger partial charge < -0.3 is 15.0 Å². The van der Waals surface area contributed by atoms with Crippen LogP contribution in [0, 0.1) is 5.41 Å². The van der Waals surface area contributed by atoms with Gasteiger partial charge in [-0.25, -0.2) is 4.79 Å². The van der Waals surface area contributed by atoms with Crippen LogP contribution in [-0.2, 0) is 28.7 Å². The molecule has 1 aromatic heterocycles. The van der Waals surface area contributed by atoms with E-state index in [2.05, 4.69) is 10.3 Å². The summed E-state index contributed by atoms with van der Waals surface area (Å²) in [5.74, 6) is 0.837. The fourth-order valence-electron chi connectivity index (χ4n) is 5.00. The summed E-state index contributed by atoms with van der Waals surface area (Å²) in [6, 6.07) is 0.948. The highest BCUT2D eigenvalue weighted by atomic mass is 32.2. The molecule has 3 aliphatic rings. The second kappa shape index (κ2) is 8.11. The Bertz CT molecular complexity index is 918. The van der Waals surface area contributed by atoms with Crippen molar-refractivity contribution in [3.05, 3.63) is 29.1 Å². The first-order valence-electron chi connectivity index (χ1n) is 10.8. The van der Waals surface area contributed by atoms with E-state index in [0.717, 1.165) is 18.0 Å². The number of pyridine rings is 1. The number of nitrogens with zero attached hydrogens (tertiary/aromatic N) is 2. The molecule has 0 spiro atoms. The van der Waals surface area contributed by atoms with Crippen LogP contribution in [0.5, 0.6) is 0 Å². The zero-order chi connectivity index (χ0) is 23.3. The van der Waals surface area contributed by atoms with Crippen molar-refractivity contribution in [1.82, 2.24) is 15.2 Å².